The zero-order chi connectivity index (χ0) is 9.14. The van der Waals surface area contributed by atoms with Gasteiger partial charge in [-0.25, -0.2) is 8.78 Å². The molecule has 1 rings (SSSR count). The van der Waals surface area contributed by atoms with E-state index in [-0.39, 0.29) is 16.9 Å². The Hall–Kier alpha value is -1.16. The Morgan fingerprint density at radius 2 is 2.00 bits per heavy atom. The van der Waals surface area contributed by atoms with E-state index >= 15 is 0 Å². The van der Waals surface area contributed by atoms with Crippen molar-refractivity contribution in [3.8, 4) is 5.75 Å². The highest BCUT2D eigenvalue weighted by Crippen LogP contribution is 2.24. The van der Waals surface area contributed by atoms with Crippen molar-refractivity contribution in [3.05, 3.63) is 29.3 Å². The molecule has 0 unspecified atom stereocenters. The number of aromatic hydroxyl groups is 1. The summed E-state index contributed by atoms with van der Waals surface area (Å²) in [5, 5.41) is 17.6. The molecule has 1 aromatic carbocycles. The highest BCUT2D eigenvalue weighted by molar-refractivity contribution is 5.35. The SMILES string of the molecule is OCc1cc(C(F)F)ccc1O. The first-order chi connectivity index (χ1) is 5.65. The second-order valence-electron chi connectivity index (χ2n) is 2.35. The van der Waals surface area contributed by atoms with Crippen LogP contribution in [0, 0.1) is 0 Å². The van der Waals surface area contributed by atoms with Crippen LogP contribution in [0.2, 0.25) is 0 Å². The van der Waals surface area contributed by atoms with Gasteiger partial charge in [0.15, 0.2) is 0 Å². The van der Waals surface area contributed by atoms with Crippen molar-refractivity contribution in [3.63, 3.8) is 0 Å². The quantitative estimate of drug-likeness (QED) is 0.717. The predicted octanol–water partition coefficient (Wildman–Crippen LogP) is 1.82. The van der Waals surface area contributed by atoms with Crippen LogP contribution in [0.3, 0.4) is 0 Å². The maximum atomic E-state index is 12.1. The summed E-state index contributed by atoms with van der Waals surface area (Å²) in [6.07, 6.45) is -2.57. The molecule has 0 saturated heterocycles. The molecule has 0 heterocycles. The van der Waals surface area contributed by atoms with Gasteiger partial charge >= 0.3 is 0 Å². The molecule has 0 aliphatic rings. The molecule has 1 aromatic rings. The van der Waals surface area contributed by atoms with Crippen LogP contribution in [-0.4, -0.2) is 10.2 Å². The first-order valence-electron chi connectivity index (χ1n) is 3.36. The fourth-order valence-electron chi connectivity index (χ4n) is 0.868. The fourth-order valence-corrected chi connectivity index (χ4v) is 0.868. The molecule has 0 amide bonds. The molecular weight excluding hydrogens is 166 g/mol. The van der Waals surface area contributed by atoms with E-state index < -0.39 is 13.0 Å². The summed E-state index contributed by atoms with van der Waals surface area (Å²) < 4.78 is 24.1. The second-order valence-corrected chi connectivity index (χ2v) is 2.35. The largest absolute Gasteiger partial charge is 0.508 e. The minimum atomic E-state index is -2.57. The van der Waals surface area contributed by atoms with Crippen LogP contribution in [0.15, 0.2) is 18.2 Å². The van der Waals surface area contributed by atoms with Crippen molar-refractivity contribution in [2.75, 3.05) is 0 Å². The van der Waals surface area contributed by atoms with Gasteiger partial charge in [0.25, 0.3) is 6.43 Å². The molecule has 0 aromatic heterocycles. The van der Waals surface area contributed by atoms with Gasteiger partial charge in [-0.05, 0) is 18.2 Å². The van der Waals surface area contributed by atoms with Crippen molar-refractivity contribution in [2.24, 2.45) is 0 Å². The molecule has 0 radical (unpaired) electrons. The third-order valence-electron chi connectivity index (χ3n) is 1.53. The molecule has 66 valence electrons. The van der Waals surface area contributed by atoms with E-state index in [1.54, 1.807) is 0 Å². The van der Waals surface area contributed by atoms with Crippen LogP contribution in [0.25, 0.3) is 0 Å². The lowest BCUT2D eigenvalue weighted by Crippen LogP contribution is -1.89. The van der Waals surface area contributed by atoms with Crippen LogP contribution < -0.4 is 0 Å². The maximum Gasteiger partial charge on any atom is 0.263 e. The minimum Gasteiger partial charge on any atom is -0.508 e. The molecule has 0 spiro atoms. The fraction of sp³-hybridized carbons (Fsp3) is 0.250. The third-order valence-corrected chi connectivity index (χ3v) is 1.53. The van der Waals surface area contributed by atoms with E-state index in [1.165, 1.54) is 0 Å². The summed E-state index contributed by atoms with van der Waals surface area (Å²) in [5.74, 6) is -0.165. The van der Waals surface area contributed by atoms with Crippen LogP contribution >= 0.6 is 0 Å². The zero-order valence-corrected chi connectivity index (χ0v) is 6.17. The van der Waals surface area contributed by atoms with Gasteiger partial charge in [0.2, 0.25) is 0 Å². The van der Waals surface area contributed by atoms with Gasteiger partial charge < -0.3 is 10.2 Å². The van der Waals surface area contributed by atoms with Gasteiger partial charge in [-0.3, -0.25) is 0 Å². The number of hydrogen-bond donors (Lipinski definition) is 2. The average molecular weight is 174 g/mol. The lowest BCUT2D eigenvalue weighted by atomic mass is 10.1. The average Bonchev–Trinajstić information content (AvgIpc) is 2.05. The summed E-state index contributed by atoms with van der Waals surface area (Å²) >= 11 is 0. The maximum absolute atomic E-state index is 12.1. The summed E-state index contributed by atoms with van der Waals surface area (Å²) in [6, 6.07) is 3.35. The lowest BCUT2D eigenvalue weighted by molar-refractivity contribution is 0.151. The molecule has 0 aliphatic heterocycles. The molecule has 0 bridgehead atoms. The van der Waals surface area contributed by atoms with E-state index in [1.807, 2.05) is 0 Å². The Bertz CT molecular complexity index is 274. The molecule has 0 aliphatic carbocycles. The third kappa shape index (κ3) is 1.71. The van der Waals surface area contributed by atoms with E-state index in [2.05, 4.69) is 0 Å². The highest BCUT2D eigenvalue weighted by Gasteiger charge is 2.09. The molecular formula is C8H8F2O2. The Morgan fingerprint density at radius 1 is 1.33 bits per heavy atom. The number of benzene rings is 1. The van der Waals surface area contributed by atoms with Crippen LogP contribution in [0.5, 0.6) is 5.75 Å². The smallest absolute Gasteiger partial charge is 0.263 e. The second kappa shape index (κ2) is 3.49. The predicted molar refractivity (Wildman–Crippen MR) is 39.0 cm³/mol. The first-order valence-corrected chi connectivity index (χ1v) is 3.36. The summed E-state index contributed by atoms with van der Waals surface area (Å²) in [5.41, 5.74) is -0.0790. The van der Waals surface area contributed by atoms with Crippen molar-refractivity contribution >= 4 is 0 Å². The van der Waals surface area contributed by atoms with Crippen LogP contribution in [0.4, 0.5) is 8.78 Å². The number of hydrogen-bond acceptors (Lipinski definition) is 2. The Morgan fingerprint density at radius 3 is 2.50 bits per heavy atom. The van der Waals surface area contributed by atoms with Crippen molar-refractivity contribution in [1.29, 1.82) is 0 Å². The zero-order valence-electron chi connectivity index (χ0n) is 6.17. The lowest BCUT2D eigenvalue weighted by Gasteiger charge is -2.03. The number of phenols is 1. The van der Waals surface area contributed by atoms with E-state index in [9.17, 15) is 8.78 Å². The van der Waals surface area contributed by atoms with Crippen LogP contribution in [-0.2, 0) is 6.61 Å². The molecule has 2 N–H and O–H groups in total. The standard InChI is InChI=1S/C8H8F2O2/c9-8(10)5-1-2-7(12)6(3-5)4-11/h1-3,8,11-12H,4H2. The number of halogens is 2. The van der Waals surface area contributed by atoms with Crippen molar-refractivity contribution in [2.45, 2.75) is 13.0 Å². The normalized spacial score (nSPS) is 10.7. The van der Waals surface area contributed by atoms with Gasteiger partial charge in [-0.2, -0.15) is 0 Å². The topological polar surface area (TPSA) is 40.5 Å². The van der Waals surface area contributed by atoms with Crippen molar-refractivity contribution in [1.82, 2.24) is 0 Å². The van der Waals surface area contributed by atoms with Gasteiger partial charge in [0.1, 0.15) is 5.75 Å². The van der Waals surface area contributed by atoms with Gasteiger partial charge in [0, 0.05) is 11.1 Å². The van der Waals surface area contributed by atoms with E-state index in [0.717, 1.165) is 18.2 Å². The summed E-state index contributed by atoms with van der Waals surface area (Å²) in [6.45, 7) is -0.438. The highest BCUT2D eigenvalue weighted by atomic mass is 19.3. The minimum absolute atomic E-state index is 0.118. The van der Waals surface area contributed by atoms with Crippen molar-refractivity contribution < 1.29 is 19.0 Å². The van der Waals surface area contributed by atoms with E-state index in [4.69, 9.17) is 10.2 Å². The Labute approximate surface area is 68.1 Å². The molecule has 0 atom stereocenters. The van der Waals surface area contributed by atoms with Crippen LogP contribution in [0.1, 0.15) is 17.6 Å². The summed E-state index contributed by atoms with van der Waals surface area (Å²) in [4.78, 5) is 0. The number of rotatable bonds is 2. The monoisotopic (exact) mass is 174 g/mol. The Balaban J connectivity index is 3.05. The molecule has 0 fully saturated rings. The van der Waals surface area contributed by atoms with E-state index in [0.29, 0.717) is 0 Å². The molecule has 0 saturated carbocycles. The molecule has 4 heteroatoms. The number of aliphatic hydroxyl groups is 1. The number of aliphatic hydroxyl groups excluding tert-OH is 1. The molecule has 12 heavy (non-hydrogen) atoms. The van der Waals surface area contributed by atoms with Gasteiger partial charge in [-0.15, -0.1) is 0 Å². The Kier molecular flexibility index (Phi) is 2.60. The summed E-state index contributed by atoms with van der Waals surface area (Å²) in [7, 11) is 0. The number of alkyl halides is 2. The first kappa shape index (κ1) is 8.93. The molecule has 2 nitrogen and oxygen atoms in total. The van der Waals surface area contributed by atoms with Gasteiger partial charge in [0.05, 0.1) is 6.61 Å². The van der Waals surface area contributed by atoms with Gasteiger partial charge in [-0.1, -0.05) is 0 Å².